The van der Waals surface area contributed by atoms with Crippen molar-refractivity contribution in [3.63, 3.8) is 0 Å². The van der Waals surface area contributed by atoms with Crippen molar-refractivity contribution >= 4 is 6.08 Å². The monoisotopic (exact) mass is 163 g/mol. The molecule has 0 bridgehead atoms. The van der Waals surface area contributed by atoms with Gasteiger partial charge >= 0.3 is 0 Å². The molecule has 0 spiro atoms. The maximum absolute atomic E-state index is 9.72. The third kappa shape index (κ3) is 2.56. The Kier molecular flexibility index (Phi) is 3.05. The quantitative estimate of drug-likeness (QED) is 0.538. The number of isocyanates is 1. The van der Waals surface area contributed by atoms with Crippen molar-refractivity contribution in [2.75, 3.05) is 6.54 Å². The van der Waals surface area contributed by atoms with Gasteiger partial charge in [0.1, 0.15) is 5.75 Å². The SMILES string of the molecule is O=C=NCCc1ccc(O)cc1. The van der Waals surface area contributed by atoms with Crippen LogP contribution in [0.2, 0.25) is 0 Å². The Bertz CT molecular complexity index is 286. The van der Waals surface area contributed by atoms with Gasteiger partial charge in [-0.05, 0) is 24.1 Å². The highest BCUT2D eigenvalue weighted by atomic mass is 16.3. The number of hydrogen-bond donors (Lipinski definition) is 1. The summed E-state index contributed by atoms with van der Waals surface area (Å²) in [5, 5.41) is 8.94. The van der Waals surface area contributed by atoms with Gasteiger partial charge in [-0.15, -0.1) is 0 Å². The smallest absolute Gasteiger partial charge is 0.234 e. The Hall–Kier alpha value is -1.60. The van der Waals surface area contributed by atoms with Crippen LogP contribution in [0.25, 0.3) is 0 Å². The van der Waals surface area contributed by atoms with E-state index in [2.05, 4.69) is 4.99 Å². The van der Waals surface area contributed by atoms with Gasteiger partial charge in [0.15, 0.2) is 0 Å². The van der Waals surface area contributed by atoms with E-state index < -0.39 is 0 Å². The number of phenols is 1. The second kappa shape index (κ2) is 4.31. The molecule has 0 aromatic heterocycles. The third-order valence-corrected chi connectivity index (χ3v) is 1.51. The molecule has 62 valence electrons. The molecule has 0 aliphatic carbocycles. The topological polar surface area (TPSA) is 49.7 Å². The van der Waals surface area contributed by atoms with Gasteiger partial charge in [-0.25, -0.2) is 9.79 Å². The van der Waals surface area contributed by atoms with Crippen molar-refractivity contribution in [3.05, 3.63) is 29.8 Å². The summed E-state index contributed by atoms with van der Waals surface area (Å²) >= 11 is 0. The molecule has 0 saturated heterocycles. The number of benzene rings is 1. The molecule has 1 rings (SSSR count). The lowest BCUT2D eigenvalue weighted by Gasteiger charge is -1.96. The molecule has 0 unspecified atom stereocenters. The van der Waals surface area contributed by atoms with Crippen LogP contribution in [0.4, 0.5) is 0 Å². The molecule has 0 aliphatic heterocycles. The minimum atomic E-state index is 0.248. The van der Waals surface area contributed by atoms with E-state index in [1.165, 1.54) is 6.08 Å². The van der Waals surface area contributed by atoms with E-state index in [0.717, 1.165) is 5.56 Å². The van der Waals surface area contributed by atoms with Crippen LogP contribution in [0.15, 0.2) is 29.3 Å². The number of aliphatic imine (C=N–C) groups is 1. The lowest BCUT2D eigenvalue weighted by Crippen LogP contribution is -1.87. The zero-order chi connectivity index (χ0) is 8.81. The average Bonchev–Trinajstić information content (AvgIpc) is 2.09. The van der Waals surface area contributed by atoms with Crippen LogP contribution in [0.1, 0.15) is 5.56 Å². The summed E-state index contributed by atoms with van der Waals surface area (Å²) < 4.78 is 0. The van der Waals surface area contributed by atoms with Gasteiger partial charge in [0.05, 0.1) is 6.54 Å². The molecule has 3 nitrogen and oxygen atoms in total. The van der Waals surface area contributed by atoms with Gasteiger partial charge in [-0.3, -0.25) is 0 Å². The lowest BCUT2D eigenvalue weighted by atomic mass is 10.1. The summed E-state index contributed by atoms with van der Waals surface area (Å²) in [6, 6.07) is 6.82. The second-order valence-electron chi connectivity index (χ2n) is 2.39. The molecule has 0 saturated carbocycles. The number of aromatic hydroxyl groups is 1. The van der Waals surface area contributed by atoms with Gasteiger partial charge in [-0.1, -0.05) is 12.1 Å². The molecule has 1 aromatic rings. The zero-order valence-electron chi connectivity index (χ0n) is 6.53. The predicted molar refractivity (Wildman–Crippen MR) is 44.8 cm³/mol. The Morgan fingerprint density at radius 2 is 2.00 bits per heavy atom. The van der Waals surface area contributed by atoms with Crippen LogP contribution >= 0.6 is 0 Å². The first-order chi connectivity index (χ1) is 5.83. The second-order valence-corrected chi connectivity index (χ2v) is 2.39. The highest BCUT2D eigenvalue weighted by Crippen LogP contribution is 2.09. The summed E-state index contributed by atoms with van der Waals surface area (Å²) in [6.07, 6.45) is 2.18. The Morgan fingerprint density at radius 3 is 2.58 bits per heavy atom. The number of carbonyl (C=O) groups excluding carboxylic acids is 1. The fraction of sp³-hybridized carbons (Fsp3) is 0.222. The highest BCUT2D eigenvalue weighted by molar-refractivity contribution is 5.33. The van der Waals surface area contributed by atoms with E-state index in [-0.39, 0.29) is 5.75 Å². The van der Waals surface area contributed by atoms with E-state index in [1.54, 1.807) is 24.3 Å². The van der Waals surface area contributed by atoms with Crippen molar-refractivity contribution in [2.45, 2.75) is 6.42 Å². The summed E-state index contributed by atoms with van der Waals surface area (Å²) in [4.78, 5) is 13.1. The van der Waals surface area contributed by atoms with Crippen LogP contribution < -0.4 is 0 Å². The average molecular weight is 163 g/mol. The van der Waals surface area contributed by atoms with E-state index >= 15 is 0 Å². The fourth-order valence-electron chi connectivity index (χ4n) is 0.893. The van der Waals surface area contributed by atoms with Gasteiger partial charge in [0.25, 0.3) is 0 Å². The first-order valence-corrected chi connectivity index (χ1v) is 3.64. The van der Waals surface area contributed by atoms with Crippen LogP contribution in [-0.4, -0.2) is 17.7 Å². The lowest BCUT2D eigenvalue weighted by molar-refractivity contribution is 0.475. The standard InChI is InChI=1S/C9H9NO2/c11-7-10-6-5-8-1-3-9(12)4-2-8/h1-4,12H,5-6H2. The Morgan fingerprint density at radius 1 is 1.33 bits per heavy atom. The predicted octanol–water partition coefficient (Wildman–Crippen LogP) is 1.27. The number of phenolic OH excluding ortho intramolecular Hbond substituents is 1. The van der Waals surface area contributed by atoms with E-state index in [0.29, 0.717) is 13.0 Å². The van der Waals surface area contributed by atoms with Gasteiger partial charge in [0, 0.05) is 0 Å². The van der Waals surface area contributed by atoms with Gasteiger partial charge in [0.2, 0.25) is 6.08 Å². The maximum Gasteiger partial charge on any atom is 0.234 e. The van der Waals surface area contributed by atoms with Crippen molar-refractivity contribution < 1.29 is 9.90 Å². The molecule has 0 atom stereocenters. The molecule has 3 heteroatoms. The largest absolute Gasteiger partial charge is 0.508 e. The van der Waals surface area contributed by atoms with Crippen LogP contribution in [-0.2, 0) is 11.2 Å². The van der Waals surface area contributed by atoms with Gasteiger partial charge in [-0.2, -0.15) is 0 Å². The molecule has 0 aliphatic rings. The van der Waals surface area contributed by atoms with Crippen molar-refractivity contribution in [1.29, 1.82) is 0 Å². The van der Waals surface area contributed by atoms with Gasteiger partial charge < -0.3 is 5.11 Å². The number of hydrogen-bond acceptors (Lipinski definition) is 3. The molecule has 0 amide bonds. The minimum absolute atomic E-state index is 0.248. The number of nitrogens with zero attached hydrogens (tertiary/aromatic N) is 1. The van der Waals surface area contributed by atoms with Crippen molar-refractivity contribution in [1.82, 2.24) is 0 Å². The molecule has 0 fully saturated rings. The summed E-state index contributed by atoms with van der Waals surface area (Å²) in [5.41, 5.74) is 1.05. The van der Waals surface area contributed by atoms with E-state index in [4.69, 9.17) is 5.11 Å². The molecule has 0 radical (unpaired) electrons. The highest BCUT2D eigenvalue weighted by Gasteiger charge is 1.91. The van der Waals surface area contributed by atoms with Crippen LogP contribution in [0, 0.1) is 0 Å². The van der Waals surface area contributed by atoms with Crippen molar-refractivity contribution in [2.24, 2.45) is 4.99 Å². The molecule has 1 N–H and O–H groups in total. The molecular formula is C9H9NO2. The zero-order valence-corrected chi connectivity index (χ0v) is 6.53. The number of rotatable bonds is 3. The maximum atomic E-state index is 9.72. The van der Waals surface area contributed by atoms with Crippen LogP contribution in [0.3, 0.4) is 0 Å². The first-order valence-electron chi connectivity index (χ1n) is 3.64. The van der Waals surface area contributed by atoms with E-state index in [9.17, 15) is 4.79 Å². The first kappa shape index (κ1) is 8.50. The molecule has 1 aromatic carbocycles. The minimum Gasteiger partial charge on any atom is -0.508 e. The molecular weight excluding hydrogens is 154 g/mol. The molecule has 0 heterocycles. The summed E-state index contributed by atoms with van der Waals surface area (Å²) in [5.74, 6) is 0.248. The summed E-state index contributed by atoms with van der Waals surface area (Å²) in [7, 11) is 0. The molecule has 12 heavy (non-hydrogen) atoms. The third-order valence-electron chi connectivity index (χ3n) is 1.51. The Balaban J connectivity index is 2.53. The Labute approximate surface area is 70.4 Å². The summed E-state index contributed by atoms with van der Waals surface area (Å²) in [6.45, 7) is 0.453. The van der Waals surface area contributed by atoms with E-state index in [1.807, 2.05) is 0 Å². The van der Waals surface area contributed by atoms with Crippen LogP contribution in [0.5, 0.6) is 5.75 Å². The van der Waals surface area contributed by atoms with Crippen molar-refractivity contribution in [3.8, 4) is 5.75 Å². The fourth-order valence-corrected chi connectivity index (χ4v) is 0.893. The normalized spacial score (nSPS) is 9.00.